The second-order valence-corrected chi connectivity index (χ2v) is 4.58. The summed E-state index contributed by atoms with van der Waals surface area (Å²) in [4.78, 5) is 12.2. The van der Waals surface area contributed by atoms with Crippen molar-refractivity contribution < 1.29 is 13.6 Å². The molecular weight excluding hydrogens is 278 g/mol. The smallest absolute Gasteiger partial charge is 0.271 e. The van der Waals surface area contributed by atoms with E-state index in [2.05, 4.69) is 10.4 Å². The van der Waals surface area contributed by atoms with E-state index in [0.717, 1.165) is 12.1 Å². The van der Waals surface area contributed by atoms with Crippen molar-refractivity contribution in [2.45, 2.75) is 26.9 Å². The summed E-state index contributed by atoms with van der Waals surface area (Å²) in [5.74, 6) is -1.81. The number of hydrogen-bond donors (Lipinski definition) is 2. The molecule has 2 rings (SSSR count). The third-order valence-electron chi connectivity index (χ3n) is 3.14. The molecule has 0 unspecified atom stereocenters. The number of hydrogen-bond acceptors (Lipinski definition) is 3. The van der Waals surface area contributed by atoms with Crippen LogP contribution in [-0.2, 0) is 13.1 Å². The van der Waals surface area contributed by atoms with Crippen LogP contribution >= 0.6 is 0 Å². The summed E-state index contributed by atoms with van der Waals surface area (Å²) in [6.07, 6.45) is 0. The number of nitrogens with one attached hydrogen (secondary N) is 1. The highest BCUT2D eigenvalue weighted by atomic mass is 19.1. The first kappa shape index (κ1) is 15.0. The van der Waals surface area contributed by atoms with Crippen LogP contribution in [0.1, 0.15) is 28.7 Å². The minimum Gasteiger partial charge on any atom is -0.395 e. The summed E-state index contributed by atoms with van der Waals surface area (Å²) in [6, 6.07) is 3.20. The monoisotopic (exact) mass is 294 g/mol. The molecule has 0 saturated carbocycles. The summed E-state index contributed by atoms with van der Waals surface area (Å²) in [5, 5.41) is 6.70. The number of rotatable bonds is 4. The van der Waals surface area contributed by atoms with E-state index < -0.39 is 17.5 Å². The first-order chi connectivity index (χ1) is 9.93. The number of aromatic nitrogens is 2. The molecule has 0 aliphatic carbocycles. The van der Waals surface area contributed by atoms with Gasteiger partial charge in [0.2, 0.25) is 0 Å². The molecule has 1 aromatic carbocycles. The lowest BCUT2D eigenvalue weighted by Crippen LogP contribution is -2.27. The van der Waals surface area contributed by atoms with E-state index in [1.807, 2.05) is 6.92 Å². The maximum atomic E-state index is 13.5. The Morgan fingerprint density at radius 2 is 2.14 bits per heavy atom. The first-order valence-corrected chi connectivity index (χ1v) is 6.49. The zero-order chi connectivity index (χ0) is 15.6. The van der Waals surface area contributed by atoms with Crippen molar-refractivity contribution in [1.82, 2.24) is 15.1 Å². The lowest BCUT2D eigenvalue weighted by molar-refractivity contribution is 0.0941. The predicted octanol–water partition coefficient (Wildman–Crippen LogP) is 2.00. The Labute approximate surface area is 120 Å². The van der Waals surface area contributed by atoms with Crippen molar-refractivity contribution in [3.63, 3.8) is 0 Å². The molecule has 3 N–H and O–H groups in total. The van der Waals surface area contributed by atoms with Crippen molar-refractivity contribution in [2.75, 3.05) is 5.73 Å². The molecule has 7 heteroatoms. The van der Waals surface area contributed by atoms with Gasteiger partial charge in [-0.25, -0.2) is 8.78 Å². The van der Waals surface area contributed by atoms with Crippen LogP contribution in [0.25, 0.3) is 0 Å². The van der Waals surface area contributed by atoms with Crippen LogP contribution in [0.2, 0.25) is 0 Å². The molecule has 1 amide bonds. The molecule has 1 heterocycles. The van der Waals surface area contributed by atoms with E-state index in [1.165, 1.54) is 10.7 Å². The number of benzene rings is 1. The van der Waals surface area contributed by atoms with Gasteiger partial charge in [-0.3, -0.25) is 9.48 Å². The van der Waals surface area contributed by atoms with Crippen molar-refractivity contribution in [2.24, 2.45) is 0 Å². The maximum Gasteiger partial charge on any atom is 0.271 e. The van der Waals surface area contributed by atoms with Gasteiger partial charge in [0.15, 0.2) is 0 Å². The summed E-state index contributed by atoms with van der Waals surface area (Å²) in [5.41, 5.74) is 7.14. The summed E-state index contributed by atoms with van der Waals surface area (Å²) in [6.45, 7) is 3.98. The van der Waals surface area contributed by atoms with Gasteiger partial charge in [0.25, 0.3) is 5.91 Å². The molecule has 112 valence electrons. The van der Waals surface area contributed by atoms with Gasteiger partial charge in [-0.1, -0.05) is 6.07 Å². The molecule has 2 aromatic rings. The van der Waals surface area contributed by atoms with Crippen molar-refractivity contribution >= 4 is 11.6 Å². The third kappa shape index (κ3) is 3.01. The van der Waals surface area contributed by atoms with Gasteiger partial charge < -0.3 is 11.1 Å². The Morgan fingerprint density at radius 1 is 1.43 bits per heavy atom. The molecule has 0 aliphatic heterocycles. The second kappa shape index (κ2) is 5.90. The zero-order valence-corrected chi connectivity index (χ0v) is 11.8. The van der Waals surface area contributed by atoms with Crippen LogP contribution in [0.5, 0.6) is 0 Å². The summed E-state index contributed by atoms with van der Waals surface area (Å²) >= 11 is 0. The zero-order valence-electron chi connectivity index (χ0n) is 11.8. The van der Waals surface area contributed by atoms with Gasteiger partial charge in [0.05, 0.1) is 11.4 Å². The number of carbonyl (C=O) groups is 1. The molecule has 0 atom stereocenters. The number of nitrogens with zero attached hydrogens (tertiary/aromatic N) is 2. The molecule has 0 radical (unpaired) electrons. The standard InChI is InChI=1S/C14H16F2N4O/c1-3-20-13(12(17)8(2)19-20)14(21)18-7-9-4-5-10(15)6-11(9)16/h4-6H,3,7,17H2,1-2H3,(H,18,21). The number of aryl methyl sites for hydroxylation is 2. The van der Waals surface area contributed by atoms with Gasteiger partial charge in [-0.15, -0.1) is 0 Å². The molecule has 0 saturated heterocycles. The molecule has 0 fully saturated rings. The number of anilines is 1. The molecule has 0 spiro atoms. The minimum atomic E-state index is -0.705. The molecule has 1 aromatic heterocycles. The van der Waals surface area contributed by atoms with Gasteiger partial charge >= 0.3 is 0 Å². The van der Waals surface area contributed by atoms with Crippen LogP contribution in [0.3, 0.4) is 0 Å². The van der Waals surface area contributed by atoms with E-state index in [1.54, 1.807) is 6.92 Å². The predicted molar refractivity (Wildman–Crippen MR) is 74.6 cm³/mol. The molecular formula is C14H16F2N4O. The SMILES string of the molecule is CCn1nc(C)c(N)c1C(=O)NCc1ccc(F)cc1F. The van der Waals surface area contributed by atoms with E-state index in [-0.39, 0.29) is 17.8 Å². The van der Waals surface area contributed by atoms with E-state index >= 15 is 0 Å². The maximum absolute atomic E-state index is 13.5. The van der Waals surface area contributed by atoms with Crippen LogP contribution in [0, 0.1) is 18.6 Å². The molecule has 0 aliphatic rings. The topological polar surface area (TPSA) is 72.9 Å². The molecule has 0 bridgehead atoms. The lowest BCUT2D eigenvalue weighted by atomic mass is 10.2. The number of carbonyl (C=O) groups excluding carboxylic acids is 1. The Hall–Kier alpha value is -2.44. The Balaban J connectivity index is 2.15. The second-order valence-electron chi connectivity index (χ2n) is 4.58. The third-order valence-corrected chi connectivity index (χ3v) is 3.14. The average Bonchev–Trinajstić information content (AvgIpc) is 2.73. The quantitative estimate of drug-likeness (QED) is 0.906. The number of halogens is 2. The largest absolute Gasteiger partial charge is 0.395 e. The number of nitrogens with two attached hydrogens (primary N) is 1. The van der Waals surface area contributed by atoms with Crippen LogP contribution in [0.15, 0.2) is 18.2 Å². The van der Waals surface area contributed by atoms with Crippen LogP contribution in [0.4, 0.5) is 14.5 Å². The fourth-order valence-corrected chi connectivity index (χ4v) is 1.99. The van der Waals surface area contributed by atoms with Crippen molar-refractivity contribution in [3.8, 4) is 0 Å². The Kier molecular flexibility index (Phi) is 4.21. The summed E-state index contributed by atoms with van der Waals surface area (Å²) < 4.78 is 27.8. The van der Waals surface area contributed by atoms with Gasteiger partial charge in [0, 0.05) is 24.7 Å². The van der Waals surface area contributed by atoms with Crippen LogP contribution in [-0.4, -0.2) is 15.7 Å². The first-order valence-electron chi connectivity index (χ1n) is 6.49. The van der Waals surface area contributed by atoms with Gasteiger partial charge in [0.1, 0.15) is 17.3 Å². The molecule has 21 heavy (non-hydrogen) atoms. The van der Waals surface area contributed by atoms with Crippen molar-refractivity contribution in [1.29, 1.82) is 0 Å². The van der Waals surface area contributed by atoms with Crippen molar-refractivity contribution in [3.05, 3.63) is 46.8 Å². The highest BCUT2D eigenvalue weighted by molar-refractivity contribution is 5.97. The van der Waals surface area contributed by atoms with Gasteiger partial charge in [-0.2, -0.15) is 5.10 Å². The van der Waals surface area contributed by atoms with E-state index in [4.69, 9.17) is 5.73 Å². The number of amides is 1. The fraction of sp³-hybridized carbons (Fsp3) is 0.286. The van der Waals surface area contributed by atoms with Crippen LogP contribution < -0.4 is 11.1 Å². The lowest BCUT2D eigenvalue weighted by Gasteiger charge is -2.08. The normalized spacial score (nSPS) is 10.7. The fourth-order valence-electron chi connectivity index (χ4n) is 1.99. The van der Waals surface area contributed by atoms with E-state index in [0.29, 0.717) is 17.9 Å². The number of nitrogen functional groups attached to an aromatic ring is 1. The highest BCUT2D eigenvalue weighted by Gasteiger charge is 2.19. The van der Waals surface area contributed by atoms with E-state index in [9.17, 15) is 13.6 Å². The average molecular weight is 294 g/mol. The Morgan fingerprint density at radius 3 is 2.76 bits per heavy atom. The minimum absolute atomic E-state index is 0.0572. The summed E-state index contributed by atoms with van der Waals surface area (Å²) in [7, 11) is 0. The Bertz CT molecular complexity index is 682. The van der Waals surface area contributed by atoms with Gasteiger partial charge in [-0.05, 0) is 19.9 Å². The molecule has 5 nitrogen and oxygen atoms in total. The highest BCUT2D eigenvalue weighted by Crippen LogP contribution is 2.16.